The molecule has 1 amide bonds. The Morgan fingerprint density at radius 3 is 2.52 bits per heavy atom. The lowest BCUT2D eigenvalue weighted by Crippen LogP contribution is -2.43. The molecule has 0 radical (unpaired) electrons. The fraction of sp³-hybridized carbons (Fsp3) is 0.421. The van der Waals surface area contributed by atoms with Crippen molar-refractivity contribution >= 4 is 16.7 Å². The Hall–Kier alpha value is -2.08. The number of halogens is 3. The maximum absolute atomic E-state index is 13.8. The number of hydrogen-bond acceptors (Lipinski definition) is 2. The van der Waals surface area contributed by atoms with Gasteiger partial charge in [0.2, 0.25) is 5.91 Å². The first-order chi connectivity index (χ1) is 11.6. The summed E-state index contributed by atoms with van der Waals surface area (Å²) in [6, 6.07) is 8.67. The third kappa shape index (κ3) is 3.23. The number of hydrazine groups is 1. The second-order valence-electron chi connectivity index (χ2n) is 7.15. The molecule has 1 atom stereocenters. The number of alkyl halides is 3. The van der Waals surface area contributed by atoms with Gasteiger partial charge in [0, 0.05) is 6.54 Å². The number of carbonyl (C=O) groups excluding carboxylic acids is 1. The highest BCUT2D eigenvalue weighted by Gasteiger charge is 2.51. The second kappa shape index (κ2) is 6.02. The summed E-state index contributed by atoms with van der Waals surface area (Å²) in [5.74, 6) is -0.392. The van der Waals surface area contributed by atoms with E-state index in [1.807, 2.05) is 25.1 Å². The molecule has 2 aromatic rings. The van der Waals surface area contributed by atoms with E-state index in [4.69, 9.17) is 0 Å². The number of hydrogen-bond donors (Lipinski definition) is 1. The molecule has 0 aromatic heterocycles. The number of nitrogens with zero attached hydrogens (tertiary/aromatic N) is 1. The SMILES string of the molecule is CCc1cccc2ccc(C(N3CC(C)(C)C(=O)N3)C(F)(F)F)cc12. The zero-order valence-corrected chi connectivity index (χ0v) is 14.4. The number of carbonyl (C=O) groups is 1. The lowest BCUT2D eigenvalue weighted by molar-refractivity contribution is -0.191. The molecule has 0 saturated carbocycles. The molecule has 134 valence electrons. The Balaban J connectivity index is 2.09. The lowest BCUT2D eigenvalue weighted by atomic mass is 9.93. The van der Waals surface area contributed by atoms with E-state index in [-0.39, 0.29) is 12.1 Å². The van der Waals surface area contributed by atoms with Gasteiger partial charge in [-0.15, -0.1) is 0 Å². The number of rotatable bonds is 3. The summed E-state index contributed by atoms with van der Waals surface area (Å²) >= 11 is 0. The fourth-order valence-electron chi connectivity index (χ4n) is 3.35. The number of fused-ring (bicyclic) bond motifs is 1. The van der Waals surface area contributed by atoms with E-state index < -0.39 is 23.5 Å². The van der Waals surface area contributed by atoms with Crippen molar-refractivity contribution in [3.8, 4) is 0 Å². The van der Waals surface area contributed by atoms with Crippen LogP contribution in [0.3, 0.4) is 0 Å². The molecular formula is C19H21F3N2O. The van der Waals surface area contributed by atoms with Crippen LogP contribution in [-0.2, 0) is 11.2 Å². The van der Waals surface area contributed by atoms with E-state index in [2.05, 4.69) is 5.43 Å². The molecule has 0 bridgehead atoms. The van der Waals surface area contributed by atoms with Gasteiger partial charge in [0.25, 0.3) is 0 Å². The third-order valence-electron chi connectivity index (χ3n) is 4.74. The van der Waals surface area contributed by atoms with Gasteiger partial charge in [0.1, 0.15) is 6.04 Å². The number of aryl methyl sites for hydroxylation is 1. The average molecular weight is 350 g/mol. The van der Waals surface area contributed by atoms with Gasteiger partial charge in [-0.25, -0.2) is 5.01 Å². The number of nitrogens with one attached hydrogen (secondary N) is 1. The van der Waals surface area contributed by atoms with Gasteiger partial charge in [-0.1, -0.05) is 37.3 Å². The summed E-state index contributed by atoms with van der Waals surface area (Å²) in [5, 5.41) is 2.74. The monoisotopic (exact) mass is 350 g/mol. The van der Waals surface area contributed by atoms with Crippen molar-refractivity contribution in [2.45, 2.75) is 39.4 Å². The molecule has 25 heavy (non-hydrogen) atoms. The quantitative estimate of drug-likeness (QED) is 0.891. The van der Waals surface area contributed by atoms with E-state index in [1.54, 1.807) is 26.0 Å². The summed E-state index contributed by atoms with van der Waals surface area (Å²) in [7, 11) is 0. The average Bonchev–Trinajstić information content (AvgIpc) is 2.78. The highest BCUT2D eigenvalue weighted by atomic mass is 19.4. The molecule has 2 aromatic carbocycles. The van der Waals surface area contributed by atoms with Gasteiger partial charge in [-0.2, -0.15) is 13.2 Å². The topological polar surface area (TPSA) is 32.3 Å². The van der Waals surface area contributed by atoms with Crippen LogP contribution in [-0.4, -0.2) is 23.6 Å². The minimum Gasteiger partial charge on any atom is -0.287 e. The standard InChI is InChI=1S/C19H21F3N2O/c1-4-12-6-5-7-13-8-9-14(10-15(12)13)16(19(20,21)22)24-11-18(2,3)17(25)23-24/h5-10,16H,4,11H2,1-3H3,(H,23,25). The summed E-state index contributed by atoms with van der Waals surface area (Å²) in [4.78, 5) is 12.0. The lowest BCUT2D eigenvalue weighted by Gasteiger charge is -2.30. The molecule has 3 rings (SSSR count). The van der Waals surface area contributed by atoms with Crippen LogP contribution in [0.2, 0.25) is 0 Å². The van der Waals surface area contributed by atoms with Crippen molar-refractivity contribution in [3.05, 3.63) is 47.5 Å². The highest BCUT2D eigenvalue weighted by molar-refractivity contribution is 5.87. The predicted molar refractivity (Wildman–Crippen MR) is 90.8 cm³/mol. The van der Waals surface area contributed by atoms with E-state index >= 15 is 0 Å². The van der Waals surface area contributed by atoms with Crippen LogP contribution in [0.25, 0.3) is 10.8 Å². The summed E-state index contributed by atoms with van der Waals surface area (Å²) in [6.07, 6.45) is -3.76. The zero-order valence-electron chi connectivity index (χ0n) is 14.4. The molecule has 1 aliphatic heterocycles. The van der Waals surface area contributed by atoms with Crippen molar-refractivity contribution < 1.29 is 18.0 Å². The first-order valence-electron chi connectivity index (χ1n) is 8.29. The van der Waals surface area contributed by atoms with Gasteiger partial charge in [-0.05, 0) is 48.2 Å². The Morgan fingerprint density at radius 2 is 1.96 bits per heavy atom. The minimum atomic E-state index is -4.50. The maximum Gasteiger partial charge on any atom is 0.409 e. The Bertz CT molecular complexity index is 814. The first-order valence-corrected chi connectivity index (χ1v) is 8.29. The fourth-order valence-corrected chi connectivity index (χ4v) is 3.35. The zero-order chi connectivity index (χ0) is 18.4. The molecule has 1 unspecified atom stereocenters. The normalized spacial score (nSPS) is 19.2. The molecule has 1 saturated heterocycles. The molecular weight excluding hydrogens is 329 g/mol. The van der Waals surface area contributed by atoms with E-state index in [0.717, 1.165) is 27.8 Å². The van der Waals surface area contributed by atoms with Crippen molar-refractivity contribution in [1.82, 2.24) is 10.4 Å². The number of benzene rings is 2. The van der Waals surface area contributed by atoms with E-state index in [1.165, 1.54) is 6.07 Å². The maximum atomic E-state index is 13.8. The van der Waals surface area contributed by atoms with Crippen molar-refractivity contribution in [3.63, 3.8) is 0 Å². The van der Waals surface area contributed by atoms with Gasteiger partial charge in [0.15, 0.2) is 0 Å². The minimum absolute atomic E-state index is 0.00344. The van der Waals surface area contributed by atoms with Gasteiger partial charge in [-0.3, -0.25) is 10.2 Å². The van der Waals surface area contributed by atoms with Crippen molar-refractivity contribution in [1.29, 1.82) is 0 Å². The van der Waals surface area contributed by atoms with Crippen LogP contribution in [0.15, 0.2) is 36.4 Å². The largest absolute Gasteiger partial charge is 0.409 e. The molecule has 6 heteroatoms. The third-order valence-corrected chi connectivity index (χ3v) is 4.74. The van der Waals surface area contributed by atoms with Gasteiger partial charge >= 0.3 is 6.18 Å². The first kappa shape index (κ1) is 17.7. The van der Waals surface area contributed by atoms with Crippen LogP contribution in [0.1, 0.15) is 37.9 Å². The molecule has 3 nitrogen and oxygen atoms in total. The molecule has 1 aliphatic rings. The molecule has 0 spiro atoms. The van der Waals surface area contributed by atoms with Crippen LogP contribution in [0.5, 0.6) is 0 Å². The molecule has 1 heterocycles. The Kier molecular flexibility index (Phi) is 4.27. The van der Waals surface area contributed by atoms with Gasteiger partial charge < -0.3 is 0 Å². The molecule has 1 N–H and O–H groups in total. The van der Waals surface area contributed by atoms with Crippen molar-refractivity contribution in [2.75, 3.05) is 6.54 Å². The van der Waals surface area contributed by atoms with E-state index in [0.29, 0.717) is 0 Å². The van der Waals surface area contributed by atoms with Crippen LogP contribution in [0.4, 0.5) is 13.2 Å². The molecule has 0 aliphatic carbocycles. The summed E-state index contributed by atoms with van der Waals surface area (Å²) in [5.41, 5.74) is 2.69. The Labute approximate surface area is 144 Å². The van der Waals surface area contributed by atoms with Gasteiger partial charge in [0.05, 0.1) is 5.41 Å². The summed E-state index contributed by atoms with van der Waals surface area (Å²) in [6.45, 7) is 5.27. The highest BCUT2D eigenvalue weighted by Crippen LogP contribution is 2.41. The van der Waals surface area contributed by atoms with Crippen LogP contribution < -0.4 is 5.43 Å². The smallest absolute Gasteiger partial charge is 0.287 e. The number of amides is 1. The van der Waals surface area contributed by atoms with Crippen LogP contribution in [0, 0.1) is 5.41 Å². The van der Waals surface area contributed by atoms with Crippen molar-refractivity contribution in [2.24, 2.45) is 5.41 Å². The molecule has 1 fully saturated rings. The Morgan fingerprint density at radius 1 is 1.24 bits per heavy atom. The predicted octanol–water partition coefficient (Wildman–Crippen LogP) is 4.38. The summed E-state index contributed by atoms with van der Waals surface area (Å²) < 4.78 is 41.5. The van der Waals surface area contributed by atoms with E-state index in [9.17, 15) is 18.0 Å². The second-order valence-corrected chi connectivity index (χ2v) is 7.15. The van der Waals surface area contributed by atoms with Crippen LogP contribution >= 0.6 is 0 Å².